The van der Waals surface area contributed by atoms with Crippen molar-refractivity contribution in [3.05, 3.63) is 12.2 Å². The molecule has 3 aliphatic rings. The molecular formula is C69H128N2O21. The van der Waals surface area contributed by atoms with Crippen LogP contribution in [0.25, 0.3) is 0 Å². The predicted molar refractivity (Wildman–Crippen MR) is 348 cm³/mol. The summed E-state index contributed by atoms with van der Waals surface area (Å²) in [4.78, 5) is 38.6. The number of allylic oxidation sites excluding steroid dienone is 2. The number of aliphatic carboxylic acids is 1. The van der Waals surface area contributed by atoms with Crippen LogP contribution in [0.5, 0.6) is 0 Å². The fraction of sp³-hybridized carbons (Fsp3) is 0.928. The highest BCUT2D eigenvalue weighted by molar-refractivity contribution is 5.77. The van der Waals surface area contributed by atoms with E-state index in [9.17, 15) is 75.7 Å². The first kappa shape index (κ1) is 83.7. The fourth-order valence-corrected chi connectivity index (χ4v) is 12.7. The zero-order valence-corrected chi connectivity index (χ0v) is 56.4. The van der Waals surface area contributed by atoms with E-state index in [1.54, 1.807) is 0 Å². The van der Waals surface area contributed by atoms with Crippen LogP contribution < -0.4 is 10.6 Å². The SMILES string of the molecule is CCCCCCCCCCC/C=C\CCCCCCCC(=O)NC(COC1OC(CO)C(OC2OC(CO)C(O)C(OC3(C(=O)O)CC(O)C(NC(C)=O)C(C(O)C(O)CO)O3)C2O)C(O)C1O)C(O)CCCCCCCCCCCCCCCCCCCCCC. The summed E-state index contributed by atoms with van der Waals surface area (Å²) < 4.78 is 34.9. The molecule has 3 saturated heterocycles. The smallest absolute Gasteiger partial charge is 0.364 e. The number of hydrogen-bond donors (Lipinski definition) is 14. The van der Waals surface area contributed by atoms with E-state index in [0.29, 0.717) is 19.3 Å². The van der Waals surface area contributed by atoms with Crippen molar-refractivity contribution in [3.63, 3.8) is 0 Å². The van der Waals surface area contributed by atoms with Crippen LogP contribution in [0.3, 0.4) is 0 Å². The van der Waals surface area contributed by atoms with E-state index in [-0.39, 0.29) is 18.9 Å². The molecule has 18 unspecified atom stereocenters. The lowest BCUT2D eigenvalue weighted by atomic mass is 9.88. The van der Waals surface area contributed by atoms with Gasteiger partial charge in [-0.2, -0.15) is 0 Å². The Bertz CT molecular complexity index is 1910. The van der Waals surface area contributed by atoms with Crippen molar-refractivity contribution in [1.29, 1.82) is 0 Å². The lowest BCUT2D eigenvalue weighted by Crippen LogP contribution is -2.70. The lowest BCUT2D eigenvalue weighted by Gasteiger charge is -2.50. The molecule has 0 aliphatic carbocycles. The Kier molecular flexibility index (Phi) is 45.4. The van der Waals surface area contributed by atoms with Crippen molar-refractivity contribution < 1.29 is 104 Å². The number of carboxylic acids is 1. The van der Waals surface area contributed by atoms with E-state index in [0.717, 1.165) is 71.1 Å². The average Bonchev–Trinajstić information content (AvgIpc) is 0.767. The van der Waals surface area contributed by atoms with E-state index in [1.807, 2.05) is 0 Å². The predicted octanol–water partition coefficient (Wildman–Crippen LogP) is 7.07. The molecule has 3 aliphatic heterocycles. The molecule has 23 heteroatoms. The summed E-state index contributed by atoms with van der Waals surface area (Å²) in [5.41, 5.74) is 0. The van der Waals surface area contributed by atoms with Crippen LogP contribution >= 0.6 is 0 Å². The van der Waals surface area contributed by atoms with Gasteiger partial charge in [0.1, 0.15) is 67.1 Å². The van der Waals surface area contributed by atoms with Crippen LogP contribution in [0.15, 0.2) is 12.2 Å². The minimum Gasteiger partial charge on any atom is -0.477 e. The standard InChI is InChI=1S/C69H128N2O21/c1-4-6-8-10-12-14-16-18-20-22-24-25-26-28-30-32-34-36-38-40-42-51(76)50(71-56(79)43-41-39-37-35-33-31-29-27-23-21-19-17-15-13-11-9-7-5-2)48-87-66-61(83)60(82)63(55(47-74)89-66)90-67-62(84)65(59(81)54(46-73)88-67)92-69(68(85)86)44-52(77)57(70-49(3)75)64(91-69)58(80)53(78)45-72/h27,29,50-55,57-67,72-74,76-78,80-84H,4-26,28,30-48H2,1-3H3,(H,70,75)(H,71,79)(H,85,86)/b29-27-. The highest BCUT2D eigenvalue weighted by Crippen LogP contribution is 2.39. The molecule has 0 spiro atoms. The number of carbonyl (C=O) groups is 3. The van der Waals surface area contributed by atoms with Gasteiger partial charge in [-0.05, 0) is 38.5 Å². The molecule has 0 aromatic rings. The molecule has 3 heterocycles. The third kappa shape index (κ3) is 31.8. The quantitative estimate of drug-likeness (QED) is 0.0214. The Labute approximate surface area is 550 Å². The van der Waals surface area contributed by atoms with Crippen LogP contribution in [0.1, 0.15) is 271 Å². The Morgan fingerprint density at radius 1 is 0.554 bits per heavy atom. The topological polar surface area (TPSA) is 373 Å². The van der Waals surface area contributed by atoms with Gasteiger partial charge in [-0.3, -0.25) is 9.59 Å². The number of rotatable bonds is 55. The van der Waals surface area contributed by atoms with Crippen LogP contribution in [0.4, 0.5) is 0 Å². The summed E-state index contributed by atoms with van der Waals surface area (Å²) >= 11 is 0. The zero-order valence-electron chi connectivity index (χ0n) is 56.4. The number of nitrogens with one attached hydrogen (secondary N) is 2. The van der Waals surface area contributed by atoms with Gasteiger partial charge >= 0.3 is 5.97 Å². The summed E-state index contributed by atoms with van der Waals surface area (Å²) in [5, 5.41) is 136. The Balaban J connectivity index is 1.58. The molecule has 3 fully saturated rings. The highest BCUT2D eigenvalue weighted by Gasteiger charge is 2.60. The van der Waals surface area contributed by atoms with Crippen LogP contribution in [0.2, 0.25) is 0 Å². The van der Waals surface area contributed by atoms with Crippen molar-refractivity contribution >= 4 is 17.8 Å². The summed E-state index contributed by atoms with van der Waals surface area (Å²) in [7, 11) is 0. The van der Waals surface area contributed by atoms with Gasteiger partial charge in [0.25, 0.3) is 5.79 Å². The van der Waals surface area contributed by atoms with Crippen molar-refractivity contribution in [1.82, 2.24) is 10.6 Å². The van der Waals surface area contributed by atoms with E-state index < -0.39 is 148 Å². The second-order valence-corrected chi connectivity index (χ2v) is 26.5. The highest BCUT2D eigenvalue weighted by atomic mass is 16.8. The van der Waals surface area contributed by atoms with Gasteiger partial charge in [0.05, 0.1) is 50.7 Å². The average molecular weight is 1320 g/mol. The monoisotopic (exact) mass is 1320 g/mol. The lowest BCUT2D eigenvalue weighted by molar-refractivity contribution is -0.386. The minimum absolute atomic E-state index is 0.215. The van der Waals surface area contributed by atoms with E-state index in [1.165, 1.54) is 154 Å². The van der Waals surface area contributed by atoms with Gasteiger partial charge in [0, 0.05) is 19.8 Å². The Morgan fingerprint density at radius 2 is 1.01 bits per heavy atom. The molecule has 14 N–H and O–H groups in total. The maximum Gasteiger partial charge on any atom is 0.364 e. The van der Waals surface area contributed by atoms with Crippen molar-refractivity contribution in [2.24, 2.45) is 0 Å². The van der Waals surface area contributed by atoms with E-state index in [4.69, 9.17) is 28.4 Å². The molecule has 0 saturated carbocycles. The summed E-state index contributed by atoms with van der Waals surface area (Å²) in [6, 6.07) is -2.53. The van der Waals surface area contributed by atoms with E-state index in [2.05, 4.69) is 36.6 Å². The van der Waals surface area contributed by atoms with Crippen molar-refractivity contribution in [2.75, 3.05) is 26.4 Å². The van der Waals surface area contributed by atoms with Crippen molar-refractivity contribution in [3.8, 4) is 0 Å². The first-order chi connectivity index (χ1) is 44.4. The molecule has 92 heavy (non-hydrogen) atoms. The largest absolute Gasteiger partial charge is 0.477 e. The molecule has 2 amide bonds. The number of carbonyl (C=O) groups excluding carboxylic acids is 2. The van der Waals surface area contributed by atoms with Gasteiger partial charge < -0.3 is 100 Å². The van der Waals surface area contributed by atoms with Crippen LogP contribution in [0, 0.1) is 0 Å². The molecule has 23 nitrogen and oxygen atoms in total. The number of aliphatic hydroxyl groups is 11. The normalized spacial score (nSPS) is 28.3. The molecule has 540 valence electrons. The maximum atomic E-state index is 13.5. The third-order valence-corrected chi connectivity index (χ3v) is 18.5. The number of carboxylic acid groups (broad SMARTS) is 1. The molecular weight excluding hydrogens is 1190 g/mol. The number of aliphatic hydroxyl groups excluding tert-OH is 11. The van der Waals surface area contributed by atoms with Gasteiger partial charge in [0.15, 0.2) is 12.6 Å². The summed E-state index contributed by atoms with van der Waals surface area (Å²) in [6.07, 6.45) is 19.2. The summed E-state index contributed by atoms with van der Waals surface area (Å²) in [6.45, 7) is 2.22. The van der Waals surface area contributed by atoms with Gasteiger partial charge in [-0.25, -0.2) is 4.79 Å². The number of ether oxygens (including phenoxy) is 6. The minimum atomic E-state index is -3.08. The maximum absolute atomic E-state index is 13.5. The fourth-order valence-electron chi connectivity index (χ4n) is 12.7. The molecule has 18 atom stereocenters. The van der Waals surface area contributed by atoms with Crippen LogP contribution in [-0.4, -0.2) is 215 Å². The molecule has 0 bridgehead atoms. The Morgan fingerprint density at radius 3 is 1.47 bits per heavy atom. The summed E-state index contributed by atoms with van der Waals surface area (Å²) in [5.74, 6) is -6.11. The number of amides is 2. The molecule has 3 rings (SSSR count). The third-order valence-electron chi connectivity index (χ3n) is 18.5. The van der Waals surface area contributed by atoms with Crippen molar-refractivity contribution in [2.45, 2.75) is 381 Å². The first-order valence-electron chi connectivity index (χ1n) is 36.0. The van der Waals surface area contributed by atoms with Crippen LogP contribution in [-0.2, 0) is 42.8 Å². The van der Waals surface area contributed by atoms with Gasteiger partial charge in [-0.1, -0.05) is 225 Å². The first-order valence-corrected chi connectivity index (χ1v) is 36.0. The molecule has 0 radical (unpaired) electrons. The number of unbranched alkanes of at least 4 members (excludes halogenated alkanes) is 33. The zero-order chi connectivity index (χ0) is 67.5. The number of hydrogen-bond acceptors (Lipinski definition) is 20. The second kappa shape index (κ2) is 49.9. The molecule has 0 aromatic carbocycles. The second-order valence-electron chi connectivity index (χ2n) is 26.5. The van der Waals surface area contributed by atoms with Gasteiger partial charge in [-0.15, -0.1) is 0 Å². The molecule has 0 aromatic heterocycles. The Hall–Kier alpha value is -2.53. The van der Waals surface area contributed by atoms with Gasteiger partial charge in [0.2, 0.25) is 11.8 Å². The van der Waals surface area contributed by atoms with E-state index >= 15 is 0 Å².